The normalized spacial score (nSPS) is 10.4. The third-order valence-corrected chi connectivity index (χ3v) is 3.44. The van der Waals surface area contributed by atoms with Crippen LogP contribution in [0.5, 0.6) is 5.75 Å². The van der Waals surface area contributed by atoms with E-state index >= 15 is 0 Å². The molecule has 0 radical (unpaired) electrons. The van der Waals surface area contributed by atoms with Crippen LogP contribution in [0, 0.1) is 0 Å². The molecule has 0 aliphatic rings. The maximum atomic E-state index is 12.3. The highest BCUT2D eigenvalue weighted by molar-refractivity contribution is 6.04. The highest BCUT2D eigenvalue weighted by Gasteiger charge is 2.07. The first-order valence-electron chi connectivity index (χ1n) is 8.05. The maximum Gasteiger partial charge on any atom is 0.255 e. The zero-order chi connectivity index (χ0) is 17.2. The van der Waals surface area contributed by atoms with Gasteiger partial charge in [-0.2, -0.15) is 0 Å². The summed E-state index contributed by atoms with van der Waals surface area (Å²) < 4.78 is 10.4. The van der Waals surface area contributed by atoms with Crippen LogP contribution in [-0.2, 0) is 11.3 Å². The van der Waals surface area contributed by atoms with Gasteiger partial charge in [0.2, 0.25) is 0 Å². The van der Waals surface area contributed by atoms with E-state index in [9.17, 15) is 4.79 Å². The topological polar surface area (TPSA) is 59.6 Å². The van der Waals surface area contributed by atoms with Gasteiger partial charge >= 0.3 is 0 Å². The Kier molecular flexibility index (Phi) is 7.26. The van der Waals surface area contributed by atoms with E-state index in [1.165, 1.54) is 0 Å². The molecular formula is C19H24N2O3. The molecule has 2 aromatic rings. The molecule has 5 heteroatoms. The van der Waals surface area contributed by atoms with Gasteiger partial charge in [-0.15, -0.1) is 0 Å². The lowest BCUT2D eigenvalue weighted by Gasteiger charge is -2.09. The molecule has 5 nitrogen and oxygen atoms in total. The van der Waals surface area contributed by atoms with E-state index in [4.69, 9.17) is 9.47 Å². The van der Waals surface area contributed by atoms with Gasteiger partial charge in [-0.25, -0.2) is 0 Å². The Morgan fingerprint density at radius 3 is 2.58 bits per heavy atom. The summed E-state index contributed by atoms with van der Waals surface area (Å²) in [6.07, 6.45) is 0. The monoisotopic (exact) mass is 328 g/mol. The van der Waals surface area contributed by atoms with Crippen LogP contribution >= 0.6 is 0 Å². The molecule has 0 atom stereocenters. The number of benzene rings is 2. The molecule has 0 unspecified atom stereocenters. The molecule has 2 aromatic carbocycles. The van der Waals surface area contributed by atoms with E-state index in [0.29, 0.717) is 18.8 Å². The summed E-state index contributed by atoms with van der Waals surface area (Å²) in [5.74, 6) is 0.579. The average molecular weight is 328 g/mol. The second-order valence-electron chi connectivity index (χ2n) is 5.30. The second kappa shape index (κ2) is 9.70. The van der Waals surface area contributed by atoms with E-state index in [1.54, 1.807) is 31.4 Å². The van der Waals surface area contributed by atoms with Crippen LogP contribution in [-0.4, -0.2) is 32.8 Å². The van der Waals surface area contributed by atoms with E-state index in [2.05, 4.69) is 17.6 Å². The Morgan fingerprint density at radius 2 is 1.88 bits per heavy atom. The molecule has 1 amide bonds. The lowest BCUT2D eigenvalue weighted by Crippen LogP contribution is -2.14. The predicted molar refractivity (Wildman–Crippen MR) is 95.6 cm³/mol. The zero-order valence-corrected chi connectivity index (χ0v) is 14.2. The number of rotatable bonds is 9. The molecular weight excluding hydrogens is 304 g/mol. The Bertz CT molecular complexity index is 641. The van der Waals surface area contributed by atoms with Gasteiger partial charge in [-0.05, 0) is 48.5 Å². The average Bonchev–Trinajstić information content (AvgIpc) is 2.61. The van der Waals surface area contributed by atoms with Crippen LogP contribution < -0.4 is 15.4 Å². The smallest absolute Gasteiger partial charge is 0.255 e. The lowest BCUT2D eigenvalue weighted by molar-refractivity contribution is 0.102. The van der Waals surface area contributed by atoms with Crippen LogP contribution in [0.1, 0.15) is 22.8 Å². The molecule has 0 bridgehead atoms. The fraction of sp³-hybridized carbons (Fsp3) is 0.316. The van der Waals surface area contributed by atoms with Crippen LogP contribution in [0.25, 0.3) is 0 Å². The van der Waals surface area contributed by atoms with Gasteiger partial charge < -0.3 is 20.1 Å². The first-order valence-corrected chi connectivity index (χ1v) is 8.05. The quantitative estimate of drug-likeness (QED) is 0.695. The van der Waals surface area contributed by atoms with E-state index in [1.807, 2.05) is 24.3 Å². The summed E-state index contributed by atoms with van der Waals surface area (Å²) in [5.41, 5.74) is 2.51. The number of ether oxygens (including phenoxy) is 2. The van der Waals surface area contributed by atoms with Crippen molar-refractivity contribution in [3.8, 4) is 5.75 Å². The van der Waals surface area contributed by atoms with Crippen LogP contribution in [0.4, 0.5) is 5.69 Å². The van der Waals surface area contributed by atoms with Gasteiger partial charge in [0.05, 0.1) is 6.61 Å². The van der Waals surface area contributed by atoms with Crippen molar-refractivity contribution in [3.05, 3.63) is 59.7 Å². The maximum absolute atomic E-state index is 12.3. The third-order valence-electron chi connectivity index (χ3n) is 3.44. The largest absolute Gasteiger partial charge is 0.491 e. The highest BCUT2D eigenvalue weighted by Crippen LogP contribution is 2.15. The minimum absolute atomic E-state index is 0.140. The minimum atomic E-state index is -0.140. The summed E-state index contributed by atoms with van der Waals surface area (Å²) >= 11 is 0. The van der Waals surface area contributed by atoms with Crippen LogP contribution in [0.15, 0.2) is 48.5 Å². The fourth-order valence-electron chi connectivity index (χ4n) is 2.18. The lowest BCUT2D eigenvalue weighted by atomic mass is 10.1. The van der Waals surface area contributed by atoms with Gasteiger partial charge in [-0.3, -0.25) is 4.79 Å². The number of methoxy groups -OCH3 is 1. The molecule has 2 N–H and O–H groups in total. The van der Waals surface area contributed by atoms with Crippen molar-refractivity contribution in [1.82, 2.24) is 5.32 Å². The molecule has 0 saturated heterocycles. The molecule has 0 aromatic heterocycles. The number of nitrogens with one attached hydrogen (secondary N) is 2. The molecule has 128 valence electrons. The molecule has 2 rings (SSSR count). The van der Waals surface area contributed by atoms with E-state index in [-0.39, 0.29) is 5.91 Å². The van der Waals surface area contributed by atoms with E-state index < -0.39 is 0 Å². The van der Waals surface area contributed by atoms with Crippen molar-refractivity contribution in [2.45, 2.75) is 13.5 Å². The van der Waals surface area contributed by atoms with Crippen molar-refractivity contribution < 1.29 is 14.3 Å². The molecule has 0 spiro atoms. The van der Waals surface area contributed by atoms with Crippen LogP contribution in [0.3, 0.4) is 0 Å². The number of amides is 1. The standard InChI is InChI=1S/C19H24N2O3/c1-3-20-14-15-5-4-6-17(13-15)21-19(22)16-7-9-18(10-8-16)24-12-11-23-2/h4-10,13,20H,3,11-12,14H2,1-2H3,(H,21,22). The van der Waals surface area contributed by atoms with Crippen molar-refractivity contribution >= 4 is 11.6 Å². The van der Waals surface area contributed by atoms with E-state index in [0.717, 1.165) is 30.1 Å². The zero-order valence-electron chi connectivity index (χ0n) is 14.2. The van der Waals surface area contributed by atoms with Crippen molar-refractivity contribution in [3.63, 3.8) is 0 Å². The Balaban J connectivity index is 1.94. The van der Waals surface area contributed by atoms with Crippen molar-refractivity contribution in [1.29, 1.82) is 0 Å². The molecule has 0 aliphatic carbocycles. The first-order chi connectivity index (χ1) is 11.7. The molecule has 0 heterocycles. The summed E-state index contributed by atoms with van der Waals surface area (Å²) in [5, 5.41) is 6.19. The van der Waals surface area contributed by atoms with Gasteiger partial charge in [0.25, 0.3) is 5.91 Å². The number of hydrogen-bond donors (Lipinski definition) is 2. The third kappa shape index (κ3) is 5.68. The molecule has 0 fully saturated rings. The highest BCUT2D eigenvalue weighted by atomic mass is 16.5. The summed E-state index contributed by atoms with van der Waals surface area (Å²) in [7, 11) is 1.63. The first kappa shape index (κ1) is 18.0. The summed E-state index contributed by atoms with van der Waals surface area (Å²) in [4.78, 5) is 12.3. The van der Waals surface area contributed by atoms with Gasteiger partial charge in [-0.1, -0.05) is 19.1 Å². The number of hydrogen-bond acceptors (Lipinski definition) is 4. The Hall–Kier alpha value is -2.37. The van der Waals surface area contributed by atoms with Gasteiger partial charge in [0, 0.05) is 24.9 Å². The van der Waals surface area contributed by atoms with Gasteiger partial charge in [0.15, 0.2) is 0 Å². The molecule has 24 heavy (non-hydrogen) atoms. The predicted octanol–water partition coefficient (Wildman–Crippen LogP) is 3.07. The Labute approximate surface area is 143 Å². The Morgan fingerprint density at radius 1 is 1.08 bits per heavy atom. The van der Waals surface area contributed by atoms with Gasteiger partial charge in [0.1, 0.15) is 12.4 Å². The van der Waals surface area contributed by atoms with Crippen LogP contribution in [0.2, 0.25) is 0 Å². The SMILES string of the molecule is CCNCc1cccc(NC(=O)c2ccc(OCCOC)cc2)c1. The van der Waals surface area contributed by atoms with Crippen molar-refractivity contribution in [2.24, 2.45) is 0 Å². The summed E-state index contributed by atoms with van der Waals surface area (Å²) in [6.45, 7) is 4.78. The fourth-order valence-corrected chi connectivity index (χ4v) is 2.18. The molecule has 0 aliphatic heterocycles. The number of carbonyl (C=O) groups is 1. The number of anilines is 1. The number of carbonyl (C=O) groups excluding carboxylic acids is 1. The summed E-state index contributed by atoms with van der Waals surface area (Å²) in [6, 6.07) is 14.9. The second-order valence-corrected chi connectivity index (χ2v) is 5.30. The van der Waals surface area contributed by atoms with Crippen molar-refractivity contribution in [2.75, 3.05) is 32.2 Å². The minimum Gasteiger partial charge on any atom is -0.491 e. The molecule has 0 saturated carbocycles.